The van der Waals surface area contributed by atoms with Crippen molar-refractivity contribution in [3.8, 4) is 5.75 Å². The summed E-state index contributed by atoms with van der Waals surface area (Å²) in [4.78, 5) is 2.46. The van der Waals surface area contributed by atoms with Crippen molar-refractivity contribution in [2.24, 2.45) is 0 Å². The van der Waals surface area contributed by atoms with Crippen LogP contribution in [0.1, 0.15) is 0 Å². The first-order valence-corrected chi connectivity index (χ1v) is 7.91. The summed E-state index contributed by atoms with van der Waals surface area (Å²) in [5.41, 5.74) is 7.21. The number of aromatic hydroxyl groups is 1. The van der Waals surface area contributed by atoms with E-state index in [9.17, 15) is 5.11 Å². The lowest BCUT2D eigenvalue weighted by atomic mass is 10.2. The molecule has 0 amide bonds. The van der Waals surface area contributed by atoms with Gasteiger partial charge in [-0.15, -0.1) is 0 Å². The van der Waals surface area contributed by atoms with Crippen molar-refractivity contribution in [2.75, 3.05) is 77.6 Å². The summed E-state index contributed by atoms with van der Waals surface area (Å²) in [5, 5.41) is 12.6. The maximum atomic E-state index is 9.43. The highest BCUT2D eigenvalue weighted by atomic mass is 16.5. The predicted molar refractivity (Wildman–Crippen MR) is 90.1 cm³/mol. The molecule has 22 heavy (non-hydrogen) atoms. The average Bonchev–Trinajstić information content (AvgIpc) is 2.47. The highest BCUT2D eigenvalue weighted by molar-refractivity contribution is 5.67. The lowest BCUT2D eigenvalue weighted by Gasteiger charge is -2.39. The molecule has 4 N–H and O–H groups in total. The van der Waals surface area contributed by atoms with Crippen LogP contribution in [0, 0.1) is 0 Å². The molecule has 1 heterocycles. The van der Waals surface area contributed by atoms with E-state index in [2.05, 4.69) is 24.3 Å². The second kappa shape index (κ2) is 7.67. The van der Waals surface area contributed by atoms with Crippen LogP contribution in [0.4, 0.5) is 11.4 Å². The Morgan fingerprint density at radius 3 is 2.73 bits per heavy atom. The third-order valence-corrected chi connectivity index (χ3v) is 4.19. The van der Waals surface area contributed by atoms with Crippen LogP contribution in [0.3, 0.4) is 0 Å². The molecule has 1 aromatic carbocycles. The summed E-state index contributed by atoms with van der Waals surface area (Å²) in [6.07, 6.45) is 0. The molecule has 1 saturated heterocycles. The van der Waals surface area contributed by atoms with Crippen molar-refractivity contribution in [1.29, 1.82) is 0 Å². The molecule has 0 atom stereocenters. The summed E-state index contributed by atoms with van der Waals surface area (Å²) in [6, 6.07) is 4.90. The zero-order valence-electron chi connectivity index (χ0n) is 13.7. The first-order valence-electron chi connectivity index (χ1n) is 7.91. The molecule has 2 rings (SSSR count). The minimum atomic E-state index is 0.212. The van der Waals surface area contributed by atoms with Gasteiger partial charge in [0.2, 0.25) is 0 Å². The number of nitrogen functional groups attached to an aromatic ring is 1. The quantitative estimate of drug-likeness (QED) is 0.301. The average molecular weight is 309 g/mol. The number of nitrogens with zero attached hydrogens (tertiary/aromatic N) is 2. The molecule has 6 nitrogen and oxygen atoms in total. The zero-order chi connectivity index (χ0) is 16.0. The van der Waals surface area contributed by atoms with Crippen LogP contribution in [0.2, 0.25) is 0 Å². The lowest BCUT2D eigenvalue weighted by Crippen LogP contribution is -2.55. The maximum Gasteiger partial charge on any atom is 0.117 e. The fourth-order valence-electron chi connectivity index (χ4n) is 2.52. The van der Waals surface area contributed by atoms with Crippen molar-refractivity contribution in [3.63, 3.8) is 0 Å². The second-order valence-electron chi connectivity index (χ2n) is 6.54. The number of hydrogen-bond acceptors (Lipinski definition) is 5. The van der Waals surface area contributed by atoms with Gasteiger partial charge in [0.25, 0.3) is 0 Å². The van der Waals surface area contributed by atoms with Crippen molar-refractivity contribution >= 4 is 11.4 Å². The van der Waals surface area contributed by atoms with Gasteiger partial charge in [-0.3, -0.25) is 4.90 Å². The number of rotatable bonds is 7. The monoisotopic (exact) mass is 309 g/mol. The van der Waals surface area contributed by atoms with E-state index in [1.54, 1.807) is 18.2 Å². The number of nitrogens with two attached hydrogens (primary N) is 1. The van der Waals surface area contributed by atoms with Gasteiger partial charge in [-0.1, -0.05) is 0 Å². The molecule has 6 heteroatoms. The lowest BCUT2D eigenvalue weighted by molar-refractivity contribution is -0.894. The molecule has 1 aliphatic rings. The minimum absolute atomic E-state index is 0.212. The molecule has 1 aromatic rings. The first-order chi connectivity index (χ1) is 10.5. The number of benzene rings is 1. The normalized spacial score (nSPS) is 18.3. The number of piperazine rings is 1. The molecule has 0 unspecified atom stereocenters. The number of hydrogen-bond donors (Lipinski definition) is 3. The molecular formula is C16H29N4O2+. The Morgan fingerprint density at radius 1 is 1.27 bits per heavy atom. The third kappa shape index (κ3) is 5.36. The molecule has 1 fully saturated rings. The summed E-state index contributed by atoms with van der Waals surface area (Å²) < 4.78 is 6.79. The Labute approximate surface area is 133 Å². The smallest absolute Gasteiger partial charge is 0.117 e. The van der Waals surface area contributed by atoms with E-state index in [1.807, 2.05) is 0 Å². The molecule has 0 spiro atoms. The van der Waals surface area contributed by atoms with Crippen LogP contribution in [0.5, 0.6) is 5.75 Å². The van der Waals surface area contributed by atoms with Gasteiger partial charge in [-0.05, 0) is 12.1 Å². The van der Waals surface area contributed by atoms with E-state index in [0.717, 1.165) is 36.4 Å². The number of phenols is 1. The highest BCUT2D eigenvalue weighted by Crippen LogP contribution is 2.23. The Morgan fingerprint density at radius 2 is 2.00 bits per heavy atom. The van der Waals surface area contributed by atoms with Crippen molar-refractivity contribution in [3.05, 3.63) is 18.2 Å². The van der Waals surface area contributed by atoms with E-state index in [4.69, 9.17) is 10.5 Å². The predicted octanol–water partition coefficient (Wildman–Crippen LogP) is 0.795. The van der Waals surface area contributed by atoms with Crippen molar-refractivity contribution < 1.29 is 14.3 Å². The van der Waals surface area contributed by atoms with Crippen LogP contribution in [0.25, 0.3) is 0 Å². The summed E-state index contributed by atoms with van der Waals surface area (Å²) in [5.74, 6) is 0.212. The highest BCUT2D eigenvalue weighted by Gasteiger charge is 2.23. The number of anilines is 2. The molecule has 0 radical (unpaired) electrons. The topological polar surface area (TPSA) is 70.8 Å². The number of phenolic OH excluding ortho intramolecular Hbond substituents is 1. The van der Waals surface area contributed by atoms with Gasteiger partial charge in [0.05, 0.1) is 51.8 Å². The first kappa shape index (κ1) is 16.9. The zero-order valence-corrected chi connectivity index (χ0v) is 13.7. The maximum absolute atomic E-state index is 9.43. The van der Waals surface area contributed by atoms with E-state index >= 15 is 0 Å². The number of likely N-dealkylation sites (N-methyl/N-ethyl adjacent to an activating group) is 1. The van der Waals surface area contributed by atoms with Gasteiger partial charge in [0, 0.05) is 32.2 Å². The van der Waals surface area contributed by atoms with Gasteiger partial charge >= 0.3 is 0 Å². The fraction of sp³-hybridized carbons (Fsp3) is 0.625. The number of quaternary nitrogens is 1. The van der Waals surface area contributed by atoms with E-state index in [1.165, 1.54) is 13.1 Å². The molecule has 0 aliphatic carbocycles. The van der Waals surface area contributed by atoms with Crippen LogP contribution >= 0.6 is 0 Å². The molecule has 124 valence electrons. The van der Waals surface area contributed by atoms with Crippen LogP contribution in [-0.2, 0) is 4.74 Å². The van der Waals surface area contributed by atoms with E-state index in [0.29, 0.717) is 18.8 Å². The van der Waals surface area contributed by atoms with Gasteiger partial charge in [0.15, 0.2) is 0 Å². The summed E-state index contributed by atoms with van der Waals surface area (Å²) >= 11 is 0. The fourth-order valence-corrected chi connectivity index (χ4v) is 2.52. The standard InChI is InChI=1S/C16H28N4O2/c1-20(2)9-6-19(7-10-20)8-12-22-11-5-18-16-13-14(21)3-4-15(16)17/h3-4,13,18H,5-12,17H2,1-2H3/p+1. The third-order valence-electron chi connectivity index (χ3n) is 4.19. The van der Waals surface area contributed by atoms with Gasteiger partial charge in [-0.25, -0.2) is 0 Å². The van der Waals surface area contributed by atoms with Gasteiger partial charge < -0.3 is 25.4 Å². The van der Waals surface area contributed by atoms with E-state index in [-0.39, 0.29) is 5.75 Å². The SMILES string of the molecule is C[N+]1(C)CCN(CCOCCNc2cc(O)ccc2N)CC1. The summed E-state index contributed by atoms with van der Waals surface area (Å²) in [7, 11) is 4.57. The van der Waals surface area contributed by atoms with Gasteiger partial charge in [0.1, 0.15) is 5.75 Å². The number of nitrogens with one attached hydrogen (secondary N) is 1. The van der Waals surface area contributed by atoms with E-state index < -0.39 is 0 Å². The van der Waals surface area contributed by atoms with Crippen LogP contribution in [-0.4, -0.2) is 81.1 Å². The molecule has 1 aliphatic heterocycles. The minimum Gasteiger partial charge on any atom is -0.508 e. The van der Waals surface area contributed by atoms with Crippen molar-refractivity contribution in [2.45, 2.75) is 0 Å². The second-order valence-corrected chi connectivity index (χ2v) is 6.54. The van der Waals surface area contributed by atoms with Gasteiger partial charge in [-0.2, -0.15) is 0 Å². The Balaban J connectivity index is 1.55. The molecular weight excluding hydrogens is 280 g/mol. The van der Waals surface area contributed by atoms with Crippen LogP contribution < -0.4 is 11.1 Å². The summed E-state index contributed by atoms with van der Waals surface area (Å²) in [6.45, 7) is 7.76. The Hall–Kier alpha value is -1.50. The molecule has 0 saturated carbocycles. The van der Waals surface area contributed by atoms with Crippen molar-refractivity contribution in [1.82, 2.24) is 4.90 Å². The Bertz CT molecular complexity index is 469. The molecule has 0 bridgehead atoms. The Kier molecular flexibility index (Phi) is 5.88. The molecule has 0 aromatic heterocycles. The van der Waals surface area contributed by atoms with Crippen LogP contribution in [0.15, 0.2) is 18.2 Å². The largest absolute Gasteiger partial charge is 0.508 e. The number of ether oxygens (including phenoxy) is 1.